The van der Waals surface area contributed by atoms with Gasteiger partial charge < -0.3 is 10.0 Å². The van der Waals surface area contributed by atoms with Crippen molar-refractivity contribution in [3.05, 3.63) is 159 Å². The minimum Gasteiger partial charge on any atom is -0.872 e. The summed E-state index contributed by atoms with van der Waals surface area (Å²) in [6, 6.07) is 34.4. The van der Waals surface area contributed by atoms with Crippen LogP contribution in [0.4, 0.5) is 5.69 Å². The van der Waals surface area contributed by atoms with E-state index in [2.05, 4.69) is 44.7 Å². The predicted octanol–water partition coefficient (Wildman–Crippen LogP) is 6.77. The van der Waals surface area contributed by atoms with Gasteiger partial charge in [0.25, 0.3) is 5.70 Å². The van der Waals surface area contributed by atoms with E-state index in [4.69, 9.17) is 6.57 Å². The van der Waals surface area contributed by atoms with Gasteiger partial charge in [-0.3, -0.25) is 0 Å². The fraction of sp³-hybridized carbons (Fsp3) is 0.103. The lowest BCUT2D eigenvalue weighted by molar-refractivity contribution is -0.463. The number of allylic oxidation sites excluding steroid dienone is 3. The van der Waals surface area contributed by atoms with Gasteiger partial charge in [-0.05, 0) is 56.3 Å². The molecule has 2 aliphatic carbocycles. The van der Waals surface area contributed by atoms with Crippen LogP contribution in [0.2, 0.25) is 0 Å². The summed E-state index contributed by atoms with van der Waals surface area (Å²) in [4.78, 5) is 5.78. The van der Waals surface area contributed by atoms with Crippen molar-refractivity contribution in [2.24, 2.45) is 0 Å². The van der Waals surface area contributed by atoms with Gasteiger partial charge in [0.1, 0.15) is 14.1 Å². The Morgan fingerprint density at radius 3 is 1.59 bits per heavy atom. The molecule has 0 N–H and O–H groups in total. The highest BCUT2D eigenvalue weighted by molar-refractivity contribution is 6.25. The van der Waals surface area contributed by atoms with Crippen LogP contribution in [0, 0.1) is 17.9 Å². The van der Waals surface area contributed by atoms with Crippen molar-refractivity contribution in [2.75, 3.05) is 33.1 Å². The van der Waals surface area contributed by atoms with Crippen molar-refractivity contribution in [3.8, 4) is 6.07 Å². The van der Waals surface area contributed by atoms with Gasteiger partial charge in [-0.25, -0.2) is 14.7 Å². The Morgan fingerprint density at radius 1 is 0.705 bits per heavy atom. The number of anilines is 1. The van der Waals surface area contributed by atoms with Gasteiger partial charge in [-0.15, -0.1) is 0 Å². The molecule has 0 aliphatic heterocycles. The molecule has 5 nitrogen and oxygen atoms in total. The van der Waals surface area contributed by atoms with Crippen LogP contribution in [0.1, 0.15) is 27.8 Å². The van der Waals surface area contributed by atoms with E-state index in [9.17, 15) is 10.4 Å². The molecule has 0 saturated carbocycles. The summed E-state index contributed by atoms with van der Waals surface area (Å²) in [6.45, 7) is 8.02. The Bertz CT molecular complexity index is 2170. The molecule has 0 atom stereocenters. The molecular weight excluding hydrogens is 540 g/mol. The molecule has 0 fully saturated rings. The number of fused-ring (bicyclic) bond motifs is 4. The van der Waals surface area contributed by atoms with Crippen LogP contribution in [-0.2, 0) is 0 Å². The van der Waals surface area contributed by atoms with E-state index in [1.54, 1.807) is 0 Å². The first kappa shape index (κ1) is 27.0. The number of benzene rings is 5. The van der Waals surface area contributed by atoms with Crippen LogP contribution in [-0.4, -0.2) is 38.5 Å². The van der Waals surface area contributed by atoms with E-state index in [1.165, 1.54) is 0 Å². The Labute approximate surface area is 256 Å². The third-order valence-electron chi connectivity index (χ3n) is 8.61. The molecule has 5 aromatic carbocycles. The SMILES string of the molecule is [C-]#[N+]/C(C#N)=C1\C(=C2c3ccccc3C(=[N+](C)C)c3ccccc32)C([O-])=C1c1c2ccccc2c(N(C)C)c2ccccc12. The van der Waals surface area contributed by atoms with E-state index >= 15 is 0 Å². The van der Waals surface area contributed by atoms with Crippen LogP contribution in [0.5, 0.6) is 0 Å². The molecule has 44 heavy (non-hydrogen) atoms. The van der Waals surface area contributed by atoms with Crippen molar-refractivity contribution in [2.45, 2.75) is 0 Å². The van der Waals surface area contributed by atoms with E-state index in [0.29, 0.717) is 16.7 Å². The van der Waals surface area contributed by atoms with Gasteiger partial charge in [-0.1, -0.05) is 90.7 Å². The van der Waals surface area contributed by atoms with E-state index in [1.807, 2.05) is 101 Å². The van der Waals surface area contributed by atoms with Gasteiger partial charge in [0.15, 0.2) is 0 Å². The highest BCUT2D eigenvalue weighted by Crippen LogP contribution is 2.55. The zero-order valence-electron chi connectivity index (χ0n) is 24.9. The summed E-state index contributed by atoms with van der Waals surface area (Å²) in [5.74, 6) is -0.155. The monoisotopic (exact) mass is 568 g/mol. The molecule has 0 radical (unpaired) electrons. The number of hydrogen-bond acceptors (Lipinski definition) is 3. The Balaban J connectivity index is 1.68. The van der Waals surface area contributed by atoms with Crippen LogP contribution >= 0.6 is 0 Å². The van der Waals surface area contributed by atoms with Crippen LogP contribution in [0.15, 0.2) is 120 Å². The lowest BCUT2D eigenvalue weighted by Crippen LogP contribution is -2.28. The molecule has 0 unspecified atom stereocenters. The van der Waals surface area contributed by atoms with Crippen LogP contribution in [0.3, 0.4) is 0 Å². The molecule has 2 aliphatic rings. The zero-order chi connectivity index (χ0) is 30.7. The molecule has 5 heteroatoms. The highest BCUT2D eigenvalue weighted by atomic mass is 16.3. The number of nitriles is 1. The topological polar surface area (TPSA) is 57.5 Å². The lowest BCUT2D eigenvalue weighted by atomic mass is 9.69. The average molecular weight is 569 g/mol. The normalized spacial score (nSPS) is 14.9. The minimum absolute atomic E-state index is 0.0794. The number of rotatable bonds is 2. The molecular formula is C39H28N4O. The molecule has 0 bridgehead atoms. The molecule has 0 spiro atoms. The van der Waals surface area contributed by atoms with Crippen molar-refractivity contribution in [1.82, 2.24) is 0 Å². The summed E-state index contributed by atoms with van der Waals surface area (Å²) in [6.07, 6.45) is 0. The number of hydrogen-bond donors (Lipinski definition) is 0. The standard InChI is InChI=1S/C39H28N4O/c1-41-31(22-40)34-35(32-23-14-6-10-18-27(23)37(42(2)3)28-19-11-7-15-24(28)32)39(44)36(34)33-25-16-8-12-20-29(25)38(43(4)5)30-21-13-9-17-26(30)33/h6-21H,2-5H3. The van der Waals surface area contributed by atoms with Gasteiger partial charge in [0, 0.05) is 30.4 Å². The van der Waals surface area contributed by atoms with E-state index < -0.39 is 0 Å². The smallest absolute Gasteiger partial charge is 0.270 e. The largest absolute Gasteiger partial charge is 0.872 e. The summed E-state index contributed by atoms with van der Waals surface area (Å²) in [7, 11) is 8.08. The molecule has 0 heterocycles. The highest BCUT2D eigenvalue weighted by Gasteiger charge is 2.38. The Hall–Kier alpha value is -5.91. The maximum atomic E-state index is 14.8. The van der Waals surface area contributed by atoms with Crippen molar-refractivity contribution < 1.29 is 9.68 Å². The molecule has 7 rings (SSSR count). The maximum absolute atomic E-state index is 14.8. The van der Waals surface area contributed by atoms with Crippen molar-refractivity contribution >= 4 is 44.1 Å². The lowest BCUT2D eigenvalue weighted by Gasteiger charge is -2.40. The van der Waals surface area contributed by atoms with Gasteiger partial charge in [-0.2, -0.15) is 0 Å². The molecule has 210 valence electrons. The summed E-state index contributed by atoms with van der Waals surface area (Å²) in [5.41, 5.74) is 8.68. The van der Waals surface area contributed by atoms with Crippen LogP contribution < -0.4 is 10.0 Å². The summed E-state index contributed by atoms with van der Waals surface area (Å²) < 4.78 is 2.10. The summed E-state index contributed by atoms with van der Waals surface area (Å²) >= 11 is 0. The zero-order valence-corrected chi connectivity index (χ0v) is 24.9. The maximum Gasteiger partial charge on any atom is 0.270 e. The van der Waals surface area contributed by atoms with Crippen LogP contribution in [0.25, 0.3) is 37.5 Å². The quantitative estimate of drug-likeness (QED) is 0.100. The Morgan fingerprint density at radius 2 is 1.16 bits per heavy atom. The van der Waals surface area contributed by atoms with Gasteiger partial charge >= 0.3 is 0 Å². The molecule has 5 aromatic rings. The molecule has 0 aromatic heterocycles. The third kappa shape index (κ3) is 3.67. The van der Waals surface area contributed by atoms with E-state index in [-0.39, 0.29) is 11.5 Å². The first-order valence-corrected chi connectivity index (χ1v) is 14.4. The van der Waals surface area contributed by atoms with Gasteiger partial charge in [0.2, 0.25) is 5.71 Å². The predicted molar refractivity (Wildman–Crippen MR) is 176 cm³/mol. The Kier molecular flexibility index (Phi) is 6.20. The second-order valence-electron chi connectivity index (χ2n) is 11.4. The summed E-state index contributed by atoms with van der Waals surface area (Å²) in [5, 5.41) is 28.9. The first-order chi connectivity index (χ1) is 21.4. The minimum atomic E-state index is -0.155. The molecule has 0 saturated heterocycles. The van der Waals surface area contributed by atoms with Crippen molar-refractivity contribution in [3.63, 3.8) is 0 Å². The van der Waals surface area contributed by atoms with E-state index in [0.717, 1.165) is 66.3 Å². The fourth-order valence-corrected chi connectivity index (χ4v) is 6.98. The fourth-order valence-electron chi connectivity index (χ4n) is 6.98. The third-order valence-corrected chi connectivity index (χ3v) is 8.61. The number of nitrogens with zero attached hydrogens (tertiary/aromatic N) is 4. The molecule has 0 amide bonds. The van der Waals surface area contributed by atoms with Crippen molar-refractivity contribution in [1.29, 1.82) is 5.26 Å². The first-order valence-electron chi connectivity index (χ1n) is 14.4. The van der Waals surface area contributed by atoms with Gasteiger partial charge in [0.05, 0.1) is 29.5 Å². The average Bonchev–Trinajstić information content (AvgIpc) is 3.04. The second kappa shape index (κ2) is 10.1. The second-order valence-corrected chi connectivity index (χ2v) is 11.4.